The molecule has 1 aliphatic carbocycles. The van der Waals surface area contributed by atoms with Gasteiger partial charge in [0.15, 0.2) is 23.1 Å². The summed E-state index contributed by atoms with van der Waals surface area (Å²) in [6, 6.07) is 2.93. The maximum absolute atomic E-state index is 14.5. The van der Waals surface area contributed by atoms with Gasteiger partial charge in [-0.1, -0.05) is 125 Å². The summed E-state index contributed by atoms with van der Waals surface area (Å²) >= 11 is 0. The molecule has 1 aromatic carbocycles. The minimum Gasteiger partial charge on any atom is -0.458 e. The number of amidine groups is 1. The second-order valence-corrected chi connectivity index (χ2v) is 25.3. The number of nitrogens with one attached hydrogen (secondary N) is 7. The Morgan fingerprint density at radius 3 is 1.80 bits per heavy atom. The van der Waals surface area contributed by atoms with Gasteiger partial charge in [-0.05, 0) is 81.1 Å². The van der Waals surface area contributed by atoms with E-state index in [0.29, 0.717) is 57.3 Å². The second kappa shape index (κ2) is 37.4. The number of cyclic esters (lactones) is 1. The Balaban J connectivity index is 1.85. The molecule has 1 saturated carbocycles. The maximum Gasteiger partial charge on any atom is 0.329 e. The Bertz CT molecular complexity index is 2670. The molecular formula is C66H105N9O15. The van der Waals surface area contributed by atoms with Crippen LogP contribution < -0.4 is 43.0 Å². The third-order valence-corrected chi connectivity index (χ3v) is 18.6. The number of aliphatic imine (C=N–C) groups is 1. The highest BCUT2D eigenvalue weighted by molar-refractivity contribution is 6.01. The van der Waals surface area contributed by atoms with Crippen LogP contribution in [0, 0.1) is 59.2 Å². The zero-order valence-corrected chi connectivity index (χ0v) is 55.4. The number of Topliss-reactive ketones (excluding diaryl/α,β-unsaturated/α-hetero) is 4. The quantitative estimate of drug-likeness (QED) is 0.0262. The molecule has 2 unspecified atom stereocenters. The third-order valence-electron chi connectivity index (χ3n) is 18.6. The third kappa shape index (κ3) is 22.5. The number of aliphatic hydroxyl groups is 2. The molecule has 7 amide bonds. The first-order valence-corrected chi connectivity index (χ1v) is 32.4. The number of nitrogens with two attached hydrogens (primary N) is 1. The molecule has 1 saturated heterocycles. The van der Waals surface area contributed by atoms with Gasteiger partial charge in [0, 0.05) is 63.5 Å². The SMILES string of the molecule is CC[C@H](Cc1ccccc1)C(=O)N[C@H](C(=O)C[C@@H](CO)C(=O)N[C@H](CCC(N)=O)C(=O)C[C@@H](C(=O)N[C@H](C(=O)C[C@@H](CO)C(=O)N[C@H]1C(=O)C[C@@H](C)C(=O)NC2(CC2CCNC(C)=NC)C(=O)N[C@@H]([C@@H](C)CC)C(=O)O[C@H]1C)[C@@H](C)CC)[C@@H](C)CC)[C@@H](C)CC. The van der Waals surface area contributed by atoms with E-state index in [-0.39, 0.29) is 37.0 Å². The summed E-state index contributed by atoms with van der Waals surface area (Å²) in [7, 11) is 1.63. The molecule has 2 aliphatic rings. The first-order chi connectivity index (χ1) is 42.5. The lowest BCUT2D eigenvalue weighted by Gasteiger charge is -2.30. The maximum atomic E-state index is 14.5. The molecule has 2 fully saturated rings. The van der Waals surface area contributed by atoms with Crippen LogP contribution >= 0.6 is 0 Å². The lowest BCUT2D eigenvalue weighted by molar-refractivity contribution is -0.157. The number of nitrogens with zero attached hydrogens (tertiary/aromatic N) is 1. The molecule has 504 valence electrons. The van der Waals surface area contributed by atoms with Gasteiger partial charge in [0.1, 0.15) is 23.7 Å². The second-order valence-electron chi connectivity index (χ2n) is 25.3. The number of carbonyl (C=O) groups excluding carboxylic acids is 12. The van der Waals surface area contributed by atoms with Crippen molar-refractivity contribution < 1.29 is 72.5 Å². The number of carbonyl (C=O) groups is 12. The molecule has 0 bridgehead atoms. The van der Waals surface area contributed by atoms with Crippen molar-refractivity contribution in [2.24, 2.45) is 69.9 Å². The minimum absolute atomic E-state index is 0.273. The smallest absolute Gasteiger partial charge is 0.329 e. The first kappa shape index (κ1) is 77.3. The number of ether oxygens (including phenoxy) is 1. The average molecular weight is 1260 g/mol. The van der Waals surface area contributed by atoms with Gasteiger partial charge in [0.05, 0.1) is 49.0 Å². The predicted molar refractivity (Wildman–Crippen MR) is 338 cm³/mol. The van der Waals surface area contributed by atoms with Gasteiger partial charge in [-0.2, -0.15) is 0 Å². The first-order valence-electron chi connectivity index (χ1n) is 32.4. The topological polar surface area (TPSA) is 377 Å². The molecule has 24 nitrogen and oxygen atoms in total. The van der Waals surface area contributed by atoms with Crippen LogP contribution in [0.4, 0.5) is 0 Å². The van der Waals surface area contributed by atoms with E-state index in [9.17, 15) is 67.7 Å². The van der Waals surface area contributed by atoms with Gasteiger partial charge >= 0.3 is 5.97 Å². The summed E-state index contributed by atoms with van der Waals surface area (Å²) in [5.41, 5.74) is 5.08. The standard InChI is InChI=1S/C66H105N9O15/c1-14-36(6)48(32-50(78)49(24-25-54(67)82)70-61(85)45(34-76)30-52(80)55(37(7)15-2)71-60(84)44(18-5)29-43-22-20-19-21-23-43)63(87)72-56(38(8)16-3)53(81)31-46(35-77)62(86)73-58-41(11)90-64(88)57(39(9)17-4)74-65(89)66(75-59(83)40(10)28-51(58)79)33-47(66)26-27-69-42(12)68-13/h19-23,36-41,44-49,55-58,76-77H,14-18,24-35H2,1-13H3,(H2,67,82)(H,68,69)(H,70,85)(H,71,84)(H,72,87)(H,73,86)(H,74,89)(H,75,83)/t36-,37-,38-,39-,40+,41-,44+,45-,46-,47?,48+,49+,55-,56-,57-,58+,66?/m0/s1. The predicted octanol–water partition coefficient (Wildman–Crippen LogP) is 3.28. The summed E-state index contributed by atoms with van der Waals surface area (Å²) in [6.45, 7) is 19.4. The number of amides is 7. The number of hydrogen-bond acceptors (Lipinski definition) is 16. The summed E-state index contributed by atoms with van der Waals surface area (Å²) in [6.07, 6.45) is -0.861. The lowest BCUT2D eigenvalue weighted by atomic mass is 9.83. The van der Waals surface area contributed by atoms with Crippen molar-refractivity contribution in [1.29, 1.82) is 0 Å². The Morgan fingerprint density at radius 2 is 1.28 bits per heavy atom. The molecule has 0 radical (unpaired) electrons. The molecule has 1 aliphatic heterocycles. The molecule has 0 aromatic heterocycles. The van der Waals surface area contributed by atoms with Crippen LogP contribution in [0.1, 0.15) is 172 Å². The Hall–Kier alpha value is -6.95. The fourth-order valence-corrected chi connectivity index (χ4v) is 11.2. The Kier molecular flexibility index (Phi) is 32.1. The van der Waals surface area contributed by atoms with E-state index >= 15 is 0 Å². The van der Waals surface area contributed by atoms with Gasteiger partial charge in [-0.3, -0.25) is 57.7 Å². The summed E-state index contributed by atoms with van der Waals surface area (Å²) in [5.74, 6) is -15.4. The van der Waals surface area contributed by atoms with Gasteiger partial charge in [0.2, 0.25) is 41.4 Å². The van der Waals surface area contributed by atoms with Crippen LogP contribution in [0.5, 0.6) is 0 Å². The van der Waals surface area contributed by atoms with Crippen molar-refractivity contribution in [2.75, 3.05) is 26.8 Å². The van der Waals surface area contributed by atoms with Crippen LogP contribution in [-0.2, 0) is 68.7 Å². The van der Waals surface area contributed by atoms with Crippen LogP contribution in [0.3, 0.4) is 0 Å². The number of benzene rings is 1. The minimum atomic E-state index is -1.59. The van der Waals surface area contributed by atoms with Gasteiger partial charge < -0.3 is 57.9 Å². The van der Waals surface area contributed by atoms with E-state index < -0.39 is 193 Å². The molecule has 11 N–H and O–H groups in total. The molecule has 24 heteroatoms. The summed E-state index contributed by atoms with van der Waals surface area (Å²) in [5, 5.41) is 40.9. The molecule has 1 spiro atoms. The van der Waals surface area contributed by atoms with E-state index in [0.717, 1.165) is 5.56 Å². The number of rotatable bonds is 36. The van der Waals surface area contributed by atoms with E-state index in [1.54, 1.807) is 55.5 Å². The number of primary amides is 1. The summed E-state index contributed by atoms with van der Waals surface area (Å²) in [4.78, 5) is 172. The fourth-order valence-electron chi connectivity index (χ4n) is 11.2. The van der Waals surface area contributed by atoms with Gasteiger partial charge in [-0.25, -0.2) is 4.79 Å². The van der Waals surface area contributed by atoms with E-state index in [4.69, 9.17) is 10.5 Å². The highest BCUT2D eigenvalue weighted by atomic mass is 16.5. The number of ketones is 4. The molecule has 1 heterocycles. The molecule has 3 rings (SSSR count). The molecular weight excluding hydrogens is 1160 g/mol. The van der Waals surface area contributed by atoms with Crippen LogP contribution in [0.25, 0.3) is 0 Å². The highest BCUT2D eigenvalue weighted by Crippen LogP contribution is 2.46. The van der Waals surface area contributed by atoms with Crippen molar-refractivity contribution >= 4 is 76.3 Å². The Morgan fingerprint density at radius 1 is 0.722 bits per heavy atom. The highest BCUT2D eigenvalue weighted by Gasteiger charge is 2.61. The molecule has 90 heavy (non-hydrogen) atoms. The largest absolute Gasteiger partial charge is 0.458 e. The van der Waals surface area contributed by atoms with Crippen molar-refractivity contribution in [2.45, 2.75) is 215 Å². The van der Waals surface area contributed by atoms with Crippen LogP contribution in [0.2, 0.25) is 0 Å². The monoisotopic (exact) mass is 1260 g/mol. The number of hydrogen-bond donors (Lipinski definition) is 10. The number of aliphatic hydroxyl groups excluding tert-OH is 2. The van der Waals surface area contributed by atoms with Crippen LogP contribution in [0.15, 0.2) is 35.3 Å². The van der Waals surface area contributed by atoms with Crippen molar-refractivity contribution in [1.82, 2.24) is 37.2 Å². The molecule has 1 aromatic rings. The van der Waals surface area contributed by atoms with Gasteiger partial charge in [0.25, 0.3) is 0 Å². The zero-order chi connectivity index (χ0) is 67.7. The summed E-state index contributed by atoms with van der Waals surface area (Å²) < 4.78 is 5.86. The number of esters is 1. The fraction of sp³-hybridized carbons (Fsp3) is 0.712. The lowest BCUT2D eigenvalue weighted by Crippen LogP contribution is -2.57. The van der Waals surface area contributed by atoms with Crippen molar-refractivity contribution in [3.05, 3.63) is 35.9 Å². The molecule has 17 atom stereocenters. The van der Waals surface area contributed by atoms with E-state index in [2.05, 4.69) is 42.2 Å². The zero-order valence-electron chi connectivity index (χ0n) is 55.4. The van der Waals surface area contributed by atoms with Crippen molar-refractivity contribution in [3.8, 4) is 0 Å². The normalized spacial score (nSPS) is 23.5. The average Bonchev–Trinajstić information content (AvgIpc) is 1.60. The Labute approximate surface area is 531 Å². The van der Waals surface area contributed by atoms with E-state index in [1.807, 2.05) is 51.1 Å². The van der Waals surface area contributed by atoms with Crippen LogP contribution in [-0.4, -0.2) is 155 Å². The van der Waals surface area contributed by atoms with Crippen molar-refractivity contribution in [3.63, 3.8) is 0 Å². The van der Waals surface area contributed by atoms with E-state index in [1.165, 1.54) is 13.8 Å². The van der Waals surface area contributed by atoms with Gasteiger partial charge in [-0.15, -0.1) is 0 Å².